The van der Waals surface area contributed by atoms with Crippen molar-refractivity contribution in [3.05, 3.63) is 11.3 Å². The van der Waals surface area contributed by atoms with Crippen LogP contribution in [0.3, 0.4) is 0 Å². The zero-order valence-corrected chi connectivity index (χ0v) is 12.7. The van der Waals surface area contributed by atoms with Crippen LogP contribution >= 0.6 is 0 Å². The topological polar surface area (TPSA) is 99.0 Å². The van der Waals surface area contributed by atoms with Crippen LogP contribution in [0.2, 0.25) is 0 Å². The fourth-order valence-corrected chi connectivity index (χ4v) is 2.84. The minimum absolute atomic E-state index is 0.0896. The van der Waals surface area contributed by atoms with Crippen LogP contribution in [0.5, 0.6) is 0 Å². The summed E-state index contributed by atoms with van der Waals surface area (Å²) in [5.41, 5.74) is 4.97. The molecule has 6 nitrogen and oxygen atoms in total. The first-order chi connectivity index (χ1) is 10.5. The lowest BCUT2D eigenvalue weighted by atomic mass is 9.79. The first-order valence-electron chi connectivity index (χ1n) is 7.71. The molecule has 0 heterocycles. The van der Waals surface area contributed by atoms with E-state index in [1.807, 2.05) is 6.92 Å². The van der Waals surface area contributed by atoms with Crippen molar-refractivity contribution < 1.29 is 25.0 Å². The molecule has 0 spiro atoms. The fraction of sp³-hybridized carbons (Fsp3) is 0.688. The third-order valence-corrected chi connectivity index (χ3v) is 4.17. The second-order valence-corrected chi connectivity index (χ2v) is 5.77. The number of carboxylic acids is 1. The normalized spacial score (nSPS) is 27.5. The molecule has 0 aromatic rings. The Morgan fingerprint density at radius 3 is 2.95 bits per heavy atom. The molecule has 0 aliphatic heterocycles. The lowest BCUT2D eigenvalue weighted by molar-refractivity contribution is -0.137. The van der Waals surface area contributed by atoms with Gasteiger partial charge in [-0.1, -0.05) is 18.8 Å². The van der Waals surface area contributed by atoms with Gasteiger partial charge in [-0.2, -0.15) is 0 Å². The van der Waals surface area contributed by atoms with Crippen molar-refractivity contribution in [2.45, 2.75) is 51.2 Å². The smallest absolute Gasteiger partial charge is 0.303 e. The van der Waals surface area contributed by atoms with Crippen LogP contribution in [-0.2, 0) is 9.63 Å². The number of hydrogen-bond donors (Lipinski definition) is 4. The van der Waals surface area contributed by atoms with Crippen LogP contribution in [0.1, 0.15) is 39.0 Å². The number of carboxylic acid groups (broad SMARTS) is 1. The number of fused-ring (bicyclic) bond motifs is 1. The maximum atomic E-state index is 10.4. The summed E-state index contributed by atoms with van der Waals surface area (Å²) in [5, 5.41) is 28.1. The first kappa shape index (κ1) is 16.8. The van der Waals surface area contributed by atoms with Gasteiger partial charge in [0, 0.05) is 18.0 Å². The van der Waals surface area contributed by atoms with E-state index in [0.29, 0.717) is 25.9 Å². The maximum Gasteiger partial charge on any atom is 0.303 e. The number of aliphatic hydroxyl groups is 2. The van der Waals surface area contributed by atoms with E-state index >= 15 is 0 Å². The molecule has 4 atom stereocenters. The Labute approximate surface area is 130 Å². The minimum Gasteiger partial charge on any atom is -0.481 e. The molecule has 2 rings (SSSR count). The van der Waals surface area contributed by atoms with Crippen LogP contribution < -0.4 is 5.48 Å². The SMILES string of the molecule is CCC(O)C#CC1C(O)CC2=C(NOCCCC(=O)O)CC21. The average molecular weight is 309 g/mol. The highest BCUT2D eigenvalue weighted by Gasteiger charge is 2.45. The first-order valence-corrected chi connectivity index (χ1v) is 7.71. The number of rotatable bonds is 7. The number of allylic oxidation sites excluding steroid dienone is 1. The molecule has 1 fully saturated rings. The van der Waals surface area contributed by atoms with Gasteiger partial charge < -0.3 is 15.3 Å². The molecule has 2 aliphatic rings. The lowest BCUT2D eigenvalue weighted by Crippen LogP contribution is -2.30. The van der Waals surface area contributed by atoms with Crippen molar-refractivity contribution in [1.82, 2.24) is 5.48 Å². The summed E-state index contributed by atoms with van der Waals surface area (Å²) >= 11 is 0. The standard InChI is InChI=1S/C16H23NO5/c1-2-10(18)5-6-11-12-8-14(13(12)9-15(11)19)17-22-7-3-4-16(20)21/h10-12,15,17-19H,2-4,7-9H2,1H3,(H,20,21). The summed E-state index contributed by atoms with van der Waals surface area (Å²) in [5.74, 6) is 5.08. The van der Waals surface area contributed by atoms with E-state index in [4.69, 9.17) is 9.94 Å². The van der Waals surface area contributed by atoms with E-state index in [-0.39, 0.29) is 18.3 Å². The average Bonchev–Trinajstić information content (AvgIpc) is 2.71. The van der Waals surface area contributed by atoms with Gasteiger partial charge in [0.2, 0.25) is 0 Å². The Hall–Kier alpha value is -1.55. The third-order valence-electron chi connectivity index (χ3n) is 4.17. The molecule has 0 aromatic carbocycles. The van der Waals surface area contributed by atoms with Crippen molar-refractivity contribution in [2.24, 2.45) is 11.8 Å². The van der Waals surface area contributed by atoms with Gasteiger partial charge in [-0.15, -0.1) is 0 Å². The summed E-state index contributed by atoms with van der Waals surface area (Å²) in [4.78, 5) is 15.6. The van der Waals surface area contributed by atoms with Gasteiger partial charge in [0.1, 0.15) is 6.10 Å². The number of hydrogen-bond acceptors (Lipinski definition) is 5. The van der Waals surface area contributed by atoms with Gasteiger partial charge in [0.25, 0.3) is 0 Å². The van der Waals surface area contributed by atoms with Gasteiger partial charge in [0.05, 0.1) is 18.6 Å². The molecule has 1 saturated carbocycles. The number of aliphatic carboxylic acids is 1. The molecular formula is C16H23NO5. The van der Waals surface area contributed by atoms with Crippen molar-refractivity contribution in [3.63, 3.8) is 0 Å². The van der Waals surface area contributed by atoms with Crippen LogP contribution in [0.15, 0.2) is 11.3 Å². The number of carbonyl (C=O) groups is 1. The monoisotopic (exact) mass is 309 g/mol. The summed E-state index contributed by atoms with van der Waals surface area (Å²) in [6.07, 6.45) is 1.35. The van der Waals surface area contributed by atoms with Gasteiger partial charge in [-0.3, -0.25) is 15.1 Å². The zero-order chi connectivity index (χ0) is 16.1. The Morgan fingerprint density at radius 2 is 2.27 bits per heavy atom. The van der Waals surface area contributed by atoms with E-state index in [2.05, 4.69) is 17.3 Å². The molecule has 0 amide bonds. The van der Waals surface area contributed by atoms with E-state index < -0.39 is 18.2 Å². The Balaban J connectivity index is 1.81. The van der Waals surface area contributed by atoms with Gasteiger partial charge >= 0.3 is 5.97 Å². The summed E-state index contributed by atoms with van der Waals surface area (Å²) in [7, 11) is 0. The Kier molecular flexibility index (Phi) is 5.83. The number of nitrogens with one attached hydrogen (secondary N) is 1. The molecule has 4 N–H and O–H groups in total. The van der Waals surface area contributed by atoms with Crippen LogP contribution in [0.25, 0.3) is 0 Å². The van der Waals surface area contributed by atoms with Gasteiger partial charge in [-0.05, 0) is 31.3 Å². The van der Waals surface area contributed by atoms with E-state index in [1.165, 1.54) is 0 Å². The summed E-state index contributed by atoms with van der Waals surface area (Å²) in [6, 6.07) is 0. The molecule has 0 radical (unpaired) electrons. The molecule has 2 aliphatic carbocycles. The predicted molar refractivity (Wildman–Crippen MR) is 79.3 cm³/mol. The number of aliphatic hydroxyl groups excluding tert-OH is 2. The molecule has 6 heteroatoms. The summed E-state index contributed by atoms with van der Waals surface area (Å²) in [6.45, 7) is 2.20. The van der Waals surface area contributed by atoms with E-state index in [0.717, 1.165) is 17.7 Å². The predicted octanol–water partition coefficient (Wildman–Crippen LogP) is 0.802. The van der Waals surface area contributed by atoms with Crippen molar-refractivity contribution in [3.8, 4) is 11.8 Å². The van der Waals surface area contributed by atoms with Crippen molar-refractivity contribution in [2.75, 3.05) is 6.61 Å². The highest BCUT2D eigenvalue weighted by Crippen LogP contribution is 2.48. The fourth-order valence-electron chi connectivity index (χ4n) is 2.84. The largest absolute Gasteiger partial charge is 0.481 e. The summed E-state index contributed by atoms with van der Waals surface area (Å²) < 4.78 is 0. The van der Waals surface area contributed by atoms with Crippen LogP contribution in [0.4, 0.5) is 0 Å². The second kappa shape index (κ2) is 7.63. The van der Waals surface area contributed by atoms with Gasteiger partial charge in [0.15, 0.2) is 0 Å². The molecule has 0 saturated heterocycles. The Bertz CT molecular complexity index is 504. The molecular weight excluding hydrogens is 286 g/mol. The zero-order valence-electron chi connectivity index (χ0n) is 12.7. The molecule has 122 valence electrons. The second-order valence-electron chi connectivity index (χ2n) is 5.77. The molecule has 0 bridgehead atoms. The molecule has 4 unspecified atom stereocenters. The molecule has 22 heavy (non-hydrogen) atoms. The van der Waals surface area contributed by atoms with Crippen molar-refractivity contribution in [1.29, 1.82) is 0 Å². The van der Waals surface area contributed by atoms with E-state index in [9.17, 15) is 15.0 Å². The van der Waals surface area contributed by atoms with E-state index in [1.54, 1.807) is 0 Å². The Morgan fingerprint density at radius 1 is 1.50 bits per heavy atom. The lowest BCUT2D eigenvalue weighted by Gasteiger charge is -2.30. The quantitative estimate of drug-likeness (QED) is 0.315. The highest BCUT2D eigenvalue weighted by molar-refractivity contribution is 5.66. The van der Waals surface area contributed by atoms with Gasteiger partial charge in [-0.25, -0.2) is 0 Å². The molecule has 0 aromatic heterocycles. The van der Waals surface area contributed by atoms with Crippen LogP contribution in [-0.4, -0.2) is 40.1 Å². The third kappa shape index (κ3) is 4.01. The van der Waals surface area contributed by atoms with Crippen LogP contribution in [0, 0.1) is 23.7 Å². The number of hydroxylamine groups is 1. The van der Waals surface area contributed by atoms with Crippen molar-refractivity contribution >= 4 is 5.97 Å². The maximum absolute atomic E-state index is 10.4. The highest BCUT2D eigenvalue weighted by atomic mass is 16.6. The minimum atomic E-state index is -0.830.